The van der Waals surface area contributed by atoms with Crippen LogP contribution in [0.2, 0.25) is 0 Å². The van der Waals surface area contributed by atoms with Crippen molar-refractivity contribution in [1.82, 2.24) is 0 Å². The Morgan fingerprint density at radius 3 is 1.24 bits per heavy atom. The van der Waals surface area contributed by atoms with Gasteiger partial charge in [0.05, 0.1) is 19.8 Å². The number of unbranched alkanes of at least 4 members (excludes halogenated alkanes) is 28. The summed E-state index contributed by atoms with van der Waals surface area (Å²) in [5.41, 5.74) is 0. The lowest BCUT2D eigenvalue weighted by Crippen LogP contribution is -2.64. The molecule has 2 fully saturated rings. The van der Waals surface area contributed by atoms with Crippen molar-refractivity contribution < 1.29 is 73.8 Å². The van der Waals surface area contributed by atoms with Crippen molar-refractivity contribution in [3.05, 3.63) is 0 Å². The van der Waals surface area contributed by atoms with Crippen LogP contribution in [-0.2, 0) is 38.0 Å². The fraction of sp³-hybridized carbons (Fsp3) is 0.961. The maximum absolute atomic E-state index is 13.0. The molecule has 0 amide bonds. The number of carbonyl (C=O) groups excluding carboxylic acids is 2. The van der Waals surface area contributed by atoms with Crippen molar-refractivity contribution in [2.75, 3.05) is 26.4 Å². The lowest BCUT2D eigenvalue weighted by atomic mass is 9.97. The molecule has 66 heavy (non-hydrogen) atoms. The highest BCUT2D eigenvalue weighted by Gasteiger charge is 2.51. The van der Waals surface area contributed by atoms with E-state index >= 15 is 0 Å². The van der Waals surface area contributed by atoms with E-state index < -0.39 is 92.7 Å². The first-order valence-corrected chi connectivity index (χ1v) is 26.6. The minimum absolute atomic E-state index is 0.173. The molecule has 2 rings (SSSR count). The Kier molecular flexibility index (Phi) is 36.0. The predicted molar refractivity (Wildman–Crippen MR) is 252 cm³/mol. The summed E-state index contributed by atoms with van der Waals surface area (Å²) in [6.45, 7) is 2.38. The van der Waals surface area contributed by atoms with Gasteiger partial charge in [0.2, 0.25) is 0 Å². The summed E-state index contributed by atoms with van der Waals surface area (Å²) >= 11 is 0. The zero-order valence-corrected chi connectivity index (χ0v) is 41.2. The van der Waals surface area contributed by atoms with Crippen molar-refractivity contribution in [3.63, 3.8) is 0 Å². The van der Waals surface area contributed by atoms with E-state index in [1.165, 1.54) is 141 Å². The van der Waals surface area contributed by atoms with Crippen LogP contribution in [0.3, 0.4) is 0 Å². The Balaban J connectivity index is 1.80. The fourth-order valence-corrected chi connectivity index (χ4v) is 8.80. The van der Waals surface area contributed by atoms with Crippen LogP contribution >= 0.6 is 0 Å². The van der Waals surface area contributed by atoms with Gasteiger partial charge in [0.25, 0.3) is 0 Å². The molecule has 15 nitrogen and oxygen atoms in total. The van der Waals surface area contributed by atoms with Gasteiger partial charge in [0.1, 0.15) is 55.4 Å². The van der Waals surface area contributed by atoms with Crippen molar-refractivity contribution in [2.24, 2.45) is 0 Å². The number of aliphatic hydroxyl groups excluding tert-OH is 7. The lowest BCUT2D eigenvalue weighted by Gasteiger charge is -2.46. The minimum atomic E-state index is -1.80. The molecule has 2 saturated heterocycles. The van der Waals surface area contributed by atoms with E-state index in [2.05, 4.69) is 13.8 Å². The first-order valence-electron chi connectivity index (χ1n) is 26.6. The van der Waals surface area contributed by atoms with Crippen LogP contribution < -0.4 is 0 Å². The Labute approximate surface area is 398 Å². The second-order valence-electron chi connectivity index (χ2n) is 19.0. The van der Waals surface area contributed by atoms with Crippen LogP contribution in [0, 0.1) is 0 Å². The molecule has 7 N–H and O–H groups in total. The number of carbonyl (C=O) groups is 2. The lowest BCUT2D eigenvalue weighted by molar-refractivity contribution is -0.360. The highest BCUT2D eigenvalue weighted by molar-refractivity contribution is 5.70. The van der Waals surface area contributed by atoms with Gasteiger partial charge in [-0.25, -0.2) is 0 Å². The van der Waals surface area contributed by atoms with Gasteiger partial charge in [0.15, 0.2) is 18.7 Å². The summed E-state index contributed by atoms with van der Waals surface area (Å²) in [5, 5.41) is 72.5. The number of ether oxygens (including phenoxy) is 6. The molecule has 0 bridgehead atoms. The molecule has 0 aliphatic carbocycles. The molecule has 11 atom stereocenters. The monoisotopic (exact) mass is 949 g/mol. The Morgan fingerprint density at radius 2 is 0.818 bits per heavy atom. The maximum atomic E-state index is 13.0. The first-order chi connectivity index (χ1) is 32.1. The molecular weight excluding hydrogens is 853 g/mol. The van der Waals surface area contributed by atoms with E-state index in [1.807, 2.05) is 0 Å². The van der Waals surface area contributed by atoms with Gasteiger partial charge in [-0.05, 0) is 12.8 Å². The Hall–Kier alpha value is -1.50. The normalized spacial score (nSPS) is 26.1. The smallest absolute Gasteiger partial charge is 0.306 e. The standard InChI is InChI=1S/C51H96O15/c1-3-5-7-9-11-13-15-17-19-21-23-25-27-29-31-33-42(54)61-37-39(63-43(55)34-32-30-28-26-24-22-20-18-16-14-12-10-8-6-4-2)38-62-50-48(60)46(58)49(41(36-53)65-50)66-51-47(59)45(57)44(56)40(35-52)64-51/h39-41,44-53,56-60H,3-38H2,1-2H3/t39?,40-,41-,44-,45+,46-,47-,48-,49-,50-,51-/m1/s1. The van der Waals surface area contributed by atoms with Crippen molar-refractivity contribution >= 4 is 11.9 Å². The van der Waals surface area contributed by atoms with Gasteiger partial charge < -0.3 is 64.2 Å². The van der Waals surface area contributed by atoms with Crippen LogP contribution in [0.1, 0.15) is 219 Å². The molecule has 2 aliphatic heterocycles. The van der Waals surface area contributed by atoms with E-state index in [0.717, 1.165) is 38.5 Å². The van der Waals surface area contributed by atoms with Gasteiger partial charge in [0, 0.05) is 12.8 Å². The van der Waals surface area contributed by atoms with Gasteiger partial charge >= 0.3 is 11.9 Å². The summed E-state index contributed by atoms with van der Waals surface area (Å²) in [4.78, 5) is 25.8. The van der Waals surface area contributed by atoms with Crippen molar-refractivity contribution in [2.45, 2.75) is 287 Å². The van der Waals surface area contributed by atoms with E-state index in [-0.39, 0.29) is 26.1 Å². The first kappa shape index (κ1) is 60.6. The van der Waals surface area contributed by atoms with Gasteiger partial charge in [-0.15, -0.1) is 0 Å². The molecule has 15 heteroatoms. The SMILES string of the molecule is CCCCCCCCCCCCCCCCCC(=O)OCC(CO[C@@H]1O[C@H](CO)[C@@H](O[C@H]2O[C@H](CO)[C@@H](O)[C@H](O)[C@H]2O)[C@H](O)[C@H]1O)OC(=O)CCCCCCCCCCCCCCCCC. The summed E-state index contributed by atoms with van der Waals surface area (Å²) < 4.78 is 33.8. The molecule has 0 aromatic heterocycles. The molecule has 0 aromatic rings. The third-order valence-corrected chi connectivity index (χ3v) is 13.1. The average Bonchev–Trinajstić information content (AvgIpc) is 3.31. The van der Waals surface area contributed by atoms with E-state index in [0.29, 0.717) is 12.8 Å². The molecule has 1 unspecified atom stereocenters. The molecule has 0 aromatic carbocycles. The molecule has 0 saturated carbocycles. The summed E-state index contributed by atoms with van der Waals surface area (Å²) in [5.74, 6) is -0.908. The van der Waals surface area contributed by atoms with Crippen molar-refractivity contribution in [1.29, 1.82) is 0 Å². The number of hydrogen-bond acceptors (Lipinski definition) is 15. The molecule has 0 radical (unpaired) electrons. The third-order valence-electron chi connectivity index (χ3n) is 13.1. The average molecular weight is 949 g/mol. The van der Waals surface area contributed by atoms with E-state index in [1.54, 1.807) is 0 Å². The topological polar surface area (TPSA) is 231 Å². The quantitative estimate of drug-likeness (QED) is 0.0231. The number of rotatable bonds is 42. The van der Waals surface area contributed by atoms with Crippen LogP contribution in [0.4, 0.5) is 0 Å². The highest BCUT2D eigenvalue weighted by atomic mass is 16.7. The molecule has 2 aliphatic rings. The molecule has 0 spiro atoms. The third kappa shape index (κ3) is 26.5. The molecular formula is C51H96O15. The maximum Gasteiger partial charge on any atom is 0.306 e. The predicted octanol–water partition coefficient (Wildman–Crippen LogP) is 7.61. The number of esters is 2. The largest absolute Gasteiger partial charge is 0.462 e. The van der Waals surface area contributed by atoms with E-state index in [4.69, 9.17) is 28.4 Å². The number of hydrogen-bond donors (Lipinski definition) is 7. The van der Waals surface area contributed by atoms with Gasteiger partial charge in [-0.2, -0.15) is 0 Å². The van der Waals surface area contributed by atoms with E-state index in [9.17, 15) is 45.3 Å². The molecule has 2 heterocycles. The van der Waals surface area contributed by atoms with Crippen LogP contribution in [0.15, 0.2) is 0 Å². The second-order valence-corrected chi connectivity index (χ2v) is 19.0. The van der Waals surface area contributed by atoms with Crippen LogP contribution in [0.5, 0.6) is 0 Å². The van der Waals surface area contributed by atoms with Crippen molar-refractivity contribution in [3.8, 4) is 0 Å². The van der Waals surface area contributed by atoms with Crippen LogP contribution in [-0.4, -0.2) is 142 Å². The zero-order valence-electron chi connectivity index (χ0n) is 41.2. The summed E-state index contributed by atoms with van der Waals surface area (Å²) in [7, 11) is 0. The fourth-order valence-electron chi connectivity index (χ4n) is 8.80. The van der Waals surface area contributed by atoms with Gasteiger partial charge in [-0.1, -0.05) is 194 Å². The Bertz CT molecular complexity index is 1160. The summed E-state index contributed by atoms with van der Waals surface area (Å²) in [6.07, 6.45) is 19.5. The van der Waals surface area contributed by atoms with Crippen LogP contribution in [0.25, 0.3) is 0 Å². The second kappa shape index (κ2) is 39.2. The zero-order chi connectivity index (χ0) is 48.2. The minimum Gasteiger partial charge on any atom is -0.462 e. The Morgan fingerprint density at radius 1 is 0.439 bits per heavy atom. The molecule has 390 valence electrons. The summed E-state index contributed by atoms with van der Waals surface area (Å²) in [6, 6.07) is 0. The van der Waals surface area contributed by atoms with Gasteiger partial charge in [-0.3, -0.25) is 9.59 Å². The highest BCUT2D eigenvalue weighted by Crippen LogP contribution is 2.30. The number of aliphatic hydroxyl groups is 7.